The van der Waals surface area contributed by atoms with Gasteiger partial charge in [-0.15, -0.1) is 0 Å². The largest absolute Gasteiger partial charge is 0.505 e. The summed E-state index contributed by atoms with van der Waals surface area (Å²) in [6.45, 7) is 2.92. The molecule has 2 N–H and O–H groups in total. The van der Waals surface area contributed by atoms with Crippen molar-refractivity contribution < 1.29 is 9.50 Å². The van der Waals surface area contributed by atoms with Crippen molar-refractivity contribution in [1.29, 1.82) is 0 Å². The number of nitrogens with zero attached hydrogens (tertiary/aromatic N) is 1. The maximum Gasteiger partial charge on any atom is 0.166 e. The standard InChI is InChI=1S/C17H19FN2O/c18-16-11-14(5-8-17(16)21)19-12-13-3-6-15(7-4-13)20-9-1-2-10-20/h3-8,11,19,21H,1-2,9-10,12H2. The minimum absolute atomic E-state index is 0.324. The molecule has 0 spiro atoms. The molecule has 1 fully saturated rings. The summed E-state index contributed by atoms with van der Waals surface area (Å²) in [4.78, 5) is 2.40. The summed E-state index contributed by atoms with van der Waals surface area (Å²) < 4.78 is 13.2. The minimum Gasteiger partial charge on any atom is -0.505 e. The highest BCUT2D eigenvalue weighted by atomic mass is 19.1. The van der Waals surface area contributed by atoms with E-state index in [2.05, 4.69) is 34.5 Å². The van der Waals surface area contributed by atoms with E-state index in [1.807, 2.05) is 0 Å². The van der Waals surface area contributed by atoms with Gasteiger partial charge in [0, 0.05) is 37.1 Å². The molecule has 4 heteroatoms. The summed E-state index contributed by atoms with van der Waals surface area (Å²) in [5.74, 6) is -0.931. The molecular weight excluding hydrogens is 267 g/mol. The molecule has 2 aromatic rings. The van der Waals surface area contributed by atoms with Gasteiger partial charge < -0.3 is 15.3 Å². The number of rotatable bonds is 4. The quantitative estimate of drug-likeness (QED) is 0.840. The summed E-state index contributed by atoms with van der Waals surface area (Å²) in [5.41, 5.74) is 3.08. The van der Waals surface area contributed by atoms with Crippen molar-refractivity contribution in [2.45, 2.75) is 19.4 Å². The molecule has 0 aliphatic carbocycles. The normalized spacial score (nSPS) is 14.4. The van der Waals surface area contributed by atoms with Crippen LogP contribution in [-0.4, -0.2) is 18.2 Å². The zero-order valence-electron chi connectivity index (χ0n) is 11.8. The van der Waals surface area contributed by atoms with Crippen LogP contribution in [0.1, 0.15) is 18.4 Å². The molecule has 1 aliphatic heterocycles. The Kier molecular flexibility index (Phi) is 3.95. The Morgan fingerprint density at radius 2 is 1.76 bits per heavy atom. The second-order valence-electron chi connectivity index (χ2n) is 5.38. The fourth-order valence-electron chi connectivity index (χ4n) is 2.62. The molecule has 0 radical (unpaired) electrons. The Labute approximate surface area is 124 Å². The number of aromatic hydroxyl groups is 1. The van der Waals surface area contributed by atoms with Crippen LogP contribution in [0.15, 0.2) is 42.5 Å². The maximum atomic E-state index is 13.2. The highest BCUT2D eigenvalue weighted by Gasteiger charge is 2.11. The number of halogens is 1. The van der Waals surface area contributed by atoms with Crippen LogP contribution in [-0.2, 0) is 6.54 Å². The first-order valence-corrected chi connectivity index (χ1v) is 7.29. The molecule has 0 amide bonds. The first-order chi connectivity index (χ1) is 10.2. The van der Waals surface area contributed by atoms with Crippen LogP contribution in [0, 0.1) is 5.82 Å². The molecule has 3 nitrogen and oxygen atoms in total. The van der Waals surface area contributed by atoms with Crippen molar-refractivity contribution in [3.63, 3.8) is 0 Å². The third-order valence-electron chi connectivity index (χ3n) is 3.85. The Morgan fingerprint density at radius 1 is 1.05 bits per heavy atom. The molecule has 1 saturated heterocycles. The van der Waals surface area contributed by atoms with Crippen LogP contribution in [0.4, 0.5) is 15.8 Å². The number of phenols is 1. The van der Waals surface area contributed by atoms with Crippen LogP contribution in [0.2, 0.25) is 0 Å². The summed E-state index contributed by atoms with van der Waals surface area (Å²) in [5, 5.41) is 12.3. The van der Waals surface area contributed by atoms with Crippen molar-refractivity contribution >= 4 is 11.4 Å². The van der Waals surface area contributed by atoms with E-state index in [0.29, 0.717) is 12.2 Å². The third-order valence-corrected chi connectivity index (χ3v) is 3.85. The zero-order valence-corrected chi connectivity index (χ0v) is 11.8. The van der Waals surface area contributed by atoms with Gasteiger partial charge in [-0.25, -0.2) is 4.39 Å². The fraction of sp³-hybridized carbons (Fsp3) is 0.294. The Bertz CT molecular complexity index is 607. The van der Waals surface area contributed by atoms with E-state index >= 15 is 0 Å². The van der Waals surface area contributed by atoms with E-state index in [4.69, 9.17) is 5.11 Å². The molecular formula is C17H19FN2O. The average Bonchev–Trinajstić information content (AvgIpc) is 3.03. The molecule has 0 atom stereocenters. The molecule has 0 saturated carbocycles. The molecule has 21 heavy (non-hydrogen) atoms. The minimum atomic E-state index is -0.607. The Hall–Kier alpha value is -2.23. The van der Waals surface area contributed by atoms with Gasteiger partial charge in [0.2, 0.25) is 0 Å². The van der Waals surface area contributed by atoms with E-state index < -0.39 is 5.82 Å². The van der Waals surface area contributed by atoms with Crippen molar-refractivity contribution in [2.75, 3.05) is 23.3 Å². The van der Waals surface area contributed by atoms with Crippen molar-refractivity contribution in [3.8, 4) is 5.75 Å². The second-order valence-corrected chi connectivity index (χ2v) is 5.38. The van der Waals surface area contributed by atoms with E-state index in [9.17, 15) is 4.39 Å². The molecule has 3 rings (SSSR count). The fourth-order valence-corrected chi connectivity index (χ4v) is 2.62. The highest BCUT2D eigenvalue weighted by molar-refractivity contribution is 5.50. The van der Waals surface area contributed by atoms with Crippen molar-refractivity contribution in [2.24, 2.45) is 0 Å². The second kappa shape index (κ2) is 6.04. The van der Waals surface area contributed by atoms with Crippen molar-refractivity contribution in [1.82, 2.24) is 0 Å². The predicted octanol–water partition coefficient (Wildman–Crippen LogP) is 3.74. The van der Waals surface area contributed by atoms with Gasteiger partial charge >= 0.3 is 0 Å². The zero-order chi connectivity index (χ0) is 14.7. The van der Waals surface area contributed by atoms with Gasteiger partial charge in [0.25, 0.3) is 0 Å². The summed E-state index contributed by atoms with van der Waals surface area (Å²) >= 11 is 0. The number of hydrogen-bond donors (Lipinski definition) is 2. The van der Waals surface area contributed by atoms with Gasteiger partial charge in [0.1, 0.15) is 0 Å². The number of benzene rings is 2. The maximum absolute atomic E-state index is 13.2. The van der Waals surface area contributed by atoms with E-state index in [1.165, 1.54) is 30.7 Å². The molecule has 110 valence electrons. The van der Waals surface area contributed by atoms with Crippen LogP contribution in [0.25, 0.3) is 0 Å². The highest BCUT2D eigenvalue weighted by Crippen LogP contribution is 2.22. The van der Waals surface area contributed by atoms with Crippen LogP contribution < -0.4 is 10.2 Å². The predicted molar refractivity (Wildman–Crippen MR) is 83.3 cm³/mol. The van der Waals surface area contributed by atoms with E-state index in [0.717, 1.165) is 18.7 Å². The lowest BCUT2D eigenvalue weighted by Gasteiger charge is -2.17. The number of hydrogen-bond acceptors (Lipinski definition) is 3. The molecule has 0 unspecified atom stereocenters. The summed E-state index contributed by atoms with van der Waals surface area (Å²) in [7, 11) is 0. The lowest BCUT2D eigenvalue weighted by molar-refractivity contribution is 0.432. The molecule has 1 heterocycles. The third kappa shape index (κ3) is 3.27. The van der Waals surface area contributed by atoms with Crippen LogP contribution in [0.5, 0.6) is 5.75 Å². The van der Waals surface area contributed by atoms with Gasteiger partial charge in [0.15, 0.2) is 11.6 Å². The molecule has 0 bridgehead atoms. The monoisotopic (exact) mass is 286 g/mol. The van der Waals surface area contributed by atoms with Crippen LogP contribution >= 0.6 is 0 Å². The van der Waals surface area contributed by atoms with Gasteiger partial charge in [-0.2, -0.15) is 0 Å². The first kappa shape index (κ1) is 13.7. The number of anilines is 2. The van der Waals surface area contributed by atoms with E-state index in [-0.39, 0.29) is 5.75 Å². The Balaban J connectivity index is 1.61. The van der Waals surface area contributed by atoms with Crippen molar-refractivity contribution in [3.05, 3.63) is 53.8 Å². The lowest BCUT2D eigenvalue weighted by atomic mass is 10.2. The lowest BCUT2D eigenvalue weighted by Crippen LogP contribution is -2.17. The molecule has 1 aliphatic rings. The number of phenolic OH excluding ortho intramolecular Hbond substituents is 1. The van der Waals surface area contributed by atoms with E-state index in [1.54, 1.807) is 6.07 Å². The summed E-state index contributed by atoms with van der Waals surface area (Å²) in [6, 6.07) is 12.8. The molecule has 2 aromatic carbocycles. The van der Waals surface area contributed by atoms with Gasteiger partial charge in [-0.05, 0) is 42.7 Å². The summed E-state index contributed by atoms with van der Waals surface area (Å²) in [6.07, 6.45) is 2.55. The van der Waals surface area contributed by atoms with Gasteiger partial charge in [-0.1, -0.05) is 12.1 Å². The van der Waals surface area contributed by atoms with Gasteiger partial charge in [-0.3, -0.25) is 0 Å². The topological polar surface area (TPSA) is 35.5 Å². The SMILES string of the molecule is Oc1ccc(NCc2ccc(N3CCCC3)cc2)cc1F. The van der Waals surface area contributed by atoms with Gasteiger partial charge in [0.05, 0.1) is 0 Å². The average molecular weight is 286 g/mol. The first-order valence-electron chi connectivity index (χ1n) is 7.29. The van der Waals surface area contributed by atoms with Crippen LogP contribution in [0.3, 0.4) is 0 Å². The smallest absolute Gasteiger partial charge is 0.166 e. The molecule has 0 aromatic heterocycles. The Morgan fingerprint density at radius 3 is 2.43 bits per heavy atom. The number of nitrogens with one attached hydrogen (secondary N) is 1.